The van der Waals surface area contributed by atoms with Crippen LogP contribution in [0.25, 0.3) is 0 Å². The van der Waals surface area contributed by atoms with Gasteiger partial charge in [-0.25, -0.2) is 13.6 Å². The SMILES string of the molecule is NS(=O)(=O)c1ccc(N2N=C(C(F)(F)F)CC2c2ccccc2)cc1.[CH3-].[Y]. The Kier molecular flexibility index (Phi) is 7.75. The predicted octanol–water partition coefficient (Wildman–Crippen LogP) is 3.65. The molecule has 143 valence electrons. The van der Waals surface area contributed by atoms with Crippen molar-refractivity contribution in [1.82, 2.24) is 0 Å². The van der Waals surface area contributed by atoms with Crippen LogP contribution in [0.5, 0.6) is 0 Å². The average Bonchev–Trinajstić information content (AvgIpc) is 3.00. The molecular formula is C17H17F3N3O2SY-. The van der Waals surface area contributed by atoms with E-state index in [1.807, 2.05) is 0 Å². The van der Waals surface area contributed by atoms with Crippen LogP contribution in [-0.2, 0) is 42.7 Å². The minimum atomic E-state index is -4.53. The second-order valence-corrected chi connectivity index (χ2v) is 7.12. The van der Waals surface area contributed by atoms with E-state index >= 15 is 0 Å². The first-order valence-electron chi connectivity index (χ1n) is 7.28. The molecule has 1 aliphatic heterocycles. The van der Waals surface area contributed by atoms with E-state index in [-0.39, 0.29) is 51.5 Å². The van der Waals surface area contributed by atoms with Gasteiger partial charge in [0, 0.05) is 39.1 Å². The van der Waals surface area contributed by atoms with Crippen LogP contribution in [0.1, 0.15) is 18.0 Å². The van der Waals surface area contributed by atoms with Crippen LogP contribution in [0, 0.1) is 7.43 Å². The van der Waals surface area contributed by atoms with Gasteiger partial charge in [-0.05, 0) is 29.8 Å². The van der Waals surface area contributed by atoms with E-state index in [2.05, 4.69) is 5.10 Å². The summed E-state index contributed by atoms with van der Waals surface area (Å²) in [4.78, 5) is -0.119. The largest absolute Gasteiger partial charge is 0.431 e. The zero-order chi connectivity index (χ0) is 18.2. The summed E-state index contributed by atoms with van der Waals surface area (Å²) in [5.41, 5.74) is 0.151. The van der Waals surface area contributed by atoms with Gasteiger partial charge >= 0.3 is 6.18 Å². The van der Waals surface area contributed by atoms with Crippen molar-refractivity contribution in [1.29, 1.82) is 0 Å². The van der Waals surface area contributed by atoms with Crippen LogP contribution in [0.4, 0.5) is 18.9 Å². The maximum atomic E-state index is 13.1. The fraction of sp³-hybridized carbons (Fsp3) is 0.176. The van der Waals surface area contributed by atoms with Crippen LogP contribution < -0.4 is 10.1 Å². The Morgan fingerprint density at radius 2 is 1.59 bits per heavy atom. The molecule has 27 heavy (non-hydrogen) atoms. The maximum absolute atomic E-state index is 13.1. The third kappa shape index (κ3) is 5.37. The number of hydrogen-bond donors (Lipinski definition) is 1. The van der Waals surface area contributed by atoms with Crippen LogP contribution in [0.15, 0.2) is 64.6 Å². The quantitative estimate of drug-likeness (QED) is 0.692. The molecule has 0 saturated heterocycles. The second-order valence-electron chi connectivity index (χ2n) is 5.56. The van der Waals surface area contributed by atoms with E-state index in [9.17, 15) is 21.6 Å². The van der Waals surface area contributed by atoms with Gasteiger partial charge in [0.05, 0.1) is 16.6 Å². The maximum Gasteiger partial charge on any atom is 0.431 e. The molecule has 10 heteroatoms. The van der Waals surface area contributed by atoms with E-state index in [1.54, 1.807) is 30.3 Å². The number of anilines is 1. The molecule has 0 fully saturated rings. The van der Waals surface area contributed by atoms with Crippen LogP contribution >= 0.6 is 0 Å². The number of hydrogen-bond acceptors (Lipinski definition) is 4. The molecule has 3 rings (SSSR count). The normalized spacial score (nSPS) is 17.0. The summed E-state index contributed by atoms with van der Waals surface area (Å²) in [7, 11) is -3.88. The van der Waals surface area contributed by atoms with Gasteiger partial charge in [0.15, 0.2) is 0 Å². The number of benzene rings is 2. The molecule has 0 bridgehead atoms. The minimum Gasteiger partial charge on any atom is -0.358 e. The summed E-state index contributed by atoms with van der Waals surface area (Å²) in [6.07, 6.45) is -4.81. The smallest absolute Gasteiger partial charge is 0.358 e. The molecule has 0 spiro atoms. The summed E-state index contributed by atoms with van der Waals surface area (Å²) >= 11 is 0. The third-order valence-electron chi connectivity index (χ3n) is 3.85. The molecule has 2 N–H and O–H groups in total. The molecule has 1 heterocycles. The Labute approximate surface area is 181 Å². The van der Waals surface area contributed by atoms with Crippen LogP contribution in [0.2, 0.25) is 0 Å². The number of nitrogens with two attached hydrogens (primary N) is 1. The summed E-state index contributed by atoms with van der Waals surface area (Å²) in [5, 5.41) is 10.0. The van der Waals surface area contributed by atoms with Gasteiger partial charge in [0.2, 0.25) is 10.0 Å². The zero-order valence-electron chi connectivity index (χ0n) is 14.4. The first-order valence-corrected chi connectivity index (χ1v) is 8.82. The zero-order valence-corrected chi connectivity index (χ0v) is 18.0. The van der Waals surface area contributed by atoms with Gasteiger partial charge in [-0.15, -0.1) is 0 Å². The fourth-order valence-corrected chi connectivity index (χ4v) is 3.16. The van der Waals surface area contributed by atoms with E-state index in [0.717, 1.165) is 0 Å². The number of sulfonamides is 1. The van der Waals surface area contributed by atoms with E-state index in [1.165, 1.54) is 29.3 Å². The summed E-state index contributed by atoms with van der Waals surface area (Å²) < 4.78 is 62.0. The Balaban J connectivity index is 0.00000182. The molecule has 0 amide bonds. The van der Waals surface area contributed by atoms with Gasteiger partial charge in [-0.3, -0.25) is 5.01 Å². The summed E-state index contributed by atoms with van der Waals surface area (Å²) in [6, 6.07) is 13.3. The van der Waals surface area contributed by atoms with Crippen molar-refractivity contribution in [2.24, 2.45) is 10.2 Å². The number of rotatable bonds is 3. The number of halogens is 3. The Morgan fingerprint density at radius 3 is 2.07 bits per heavy atom. The van der Waals surface area contributed by atoms with Crippen molar-refractivity contribution in [2.75, 3.05) is 5.01 Å². The average molecular weight is 473 g/mol. The molecule has 0 aromatic heterocycles. The van der Waals surface area contributed by atoms with Crippen LogP contribution in [0.3, 0.4) is 0 Å². The van der Waals surface area contributed by atoms with Gasteiger partial charge < -0.3 is 7.43 Å². The molecule has 2 aromatic carbocycles. The molecule has 1 radical (unpaired) electrons. The van der Waals surface area contributed by atoms with E-state index in [0.29, 0.717) is 11.3 Å². The molecule has 1 aliphatic rings. The number of nitrogens with zero attached hydrogens (tertiary/aromatic N) is 2. The predicted molar refractivity (Wildman–Crippen MR) is 94.0 cm³/mol. The molecule has 2 aromatic rings. The molecule has 5 nitrogen and oxygen atoms in total. The van der Waals surface area contributed by atoms with Crippen molar-refractivity contribution in [2.45, 2.75) is 23.5 Å². The van der Waals surface area contributed by atoms with E-state index < -0.39 is 28.0 Å². The standard InChI is InChI=1S/C16H14F3N3O2S.CH3.Y/c17-16(18,19)15-10-14(11-4-2-1-3-5-11)22(21-15)12-6-8-13(9-7-12)25(20,23)24;;/h1-9,14H,10H2,(H2,20,23,24);1H3;/q;-1;. The molecule has 0 saturated carbocycles. The Bertz CT molecular complexity index is 901. The van der Waals surface area contributed by atoms with Gasteiger partial charge in [0.25, 0.3) is 0 Å². The molecule has 0 aliphatic carbocycles. The number of hydrazone groups is 1. The first kappa shape index (κ1) is 23.8. The number of primary sulfonamides is 1. The van der Waals surface area contributed by atoms with E-state index in [4.69, 9.17) is 5.14 Å². The van der Waals surface area contributed by atoms with Gasteiger partial charge in [0.1, 0.15) is 5.71 Å². The van der Waals surface area contributed by atoms with Crippen molar-refractivity contribution < 1.29 is 54.3 Å². The van der Waals surface area contributed by atoms with Crippen molar-refractivity contribution in [3.63, 3.8) is 0 Å². The second kappa shape index (κ2) is 8.81. The monoisotopic (exact) mass is 473 g/mol. The van der Waals surface area contributed by atoms with Crippen LogP contribution in [-0.4, -0.2) is 20.3 Å². The first-order chi connectivity index (χ1) is 11.7. The molecular weight excluding hydrogens is 456 g/mol. The molecule has 1 atom stereocenters. The fourth-order valence-electron chi connectivity index (χ4n) is 2.64. The minimum absolute atomic E-state index is 0. The van der Waals surface area contributed by atoms with Gasteiger partial charge in [-0.1, -0.05) is 30.3 Å². The van der Waals surface area contributed by atoms with Crippen molar-refractivity contribution >= 4 is 21.4 Å². The topological polar surface area (TPSA) is 75.8 Å². The Hall–Kier alpha value is -1.29. The number of alkyl halides is 3. The third-order valence-corrected chi connectivity index (χ3v) is 4.78. The van der Waals surface area contributed by atoms with Gasteiger partial charge in [-0.2, -0.15) is 18.3 Å². The molecule has 1 unspecified atom stereocenters. The van der Waals surface area contributed by atoms with Crippen molar-refractivity contribution in [3.8, 4) is 0 Å². The van der Waals surface area contributed by atoms with Crippen molar-refractivity contribution in [3.05, 3.63) is 67.6 Å². The summed E-state index contributed by atoms with van der Waals surface area (Å²) in [6.45, 7) is 0. The Morgan fingerprint density at radius 1 is 1.04 bits per heavy atom. The summed E-state index contributed by atoms with van der Waals surface area (Å²) in [5.74, 6) is 0.